The largest absolute Gasteiger partial charge is 0.366 e. The van der Waals surface area contributed by atoms with Gasteiger partial charge in [0, 0.05) is 18.0 Å². The summed E-state index contributed by atoms with van der Waals surface area (Å²) in [7, 11) is 0. The van der Waals surface area contributed by atoms with E-state index in [0.29, 0.717) is 18.0 Å². The molecule has 1 amide bonds. The molecule has 3 rings (SSSR count). The molecule has 1 aromatic carbocycles. The molecule has 1 spiro atoms. The van der Waals surface area contributed by atoms with Gasteiger partial charge in [-0.25, -0.2) is 5.43 Å². The molecule has 1 fully saturated rings. The van der Waals surface area contributed by atoms with Gasteiger partial charge >= 0.3 is 0 Å². The number of primary amides is 1. The van der Waals surface area contributed by atoms with Crippen molar-refractivity contribution in [3.63, 3.8) is 0 Å². The van der Waals surface area contributed by atoms with Crippen molar-refractivity contribution in [2.75, 3.05) is 6.54 Å². The van der Waals surface area contributed by atoms with Crippen LogP contribution >= 0.6 is 0 Å². The van der Waals surface area contributed by atoms with E-state index in [1.54, 1.807) is 0 Å². The van der Waals surface area contributed by atoms with Crippen LogP contribution in [-0.4, -0.2) is 18.0 Å². The predicted octanol–water partition coefficient (Wildman–Crippen LogP) is 1.21. The van der Waals surface area contributed by atoms with E-state index in [2.05, 4.69) is 41.2 Å². The molecule has 1 saturated carbocycles. The highest BCUT2D eigenvalue weighted by atomic mass is 16.1. The van der Waals surface area contributed by atoms with E-state index in [9.17, 15) is 4.79 Å². The van der Waals surface area contributed by atoms with Crippen molar-refractivity contribution in [3.8, 4) is 0 Å². The lowest BCUT2D eigenvalue weighted by Gasteiger charge is -2.38. The van der Waals surface area contributed by atoms with Crippen molar-refractivity contribution < 1.29 is 4.79 Å². The van der Waals surface area contributed by atoms with Crippen LogP contribution in [0.15, 0.2) is 42.0 Å². The highest BCUT2D eigenvalue weighted by Crippen LogP contribution is 2.44. The lowest BCUT2D eigenvalue weighted by Crippen LogP contribution is -2.57. The zero-order chi connectivity index (χ0) is 13.3. The Hall–Kier alpha value is -1.65. The fraction of sp³-hybridized carbons (Fsp3) is 0.400. The second-order valence-corrected chi connectivity index (χ2v) is 5.41. The minimum Gasteiger partial charge on any atom is -0.366 e. The van der Waals surface area contributed by atoms with Crippen molar-refractivity contribution in [3.05, 3.63) is 47.5 Å². The molecule has 0 saturated heterocycles. The third-order valence-corrected chi connectivity index (χ3v) is 4.26. The Balaban J connectivity index is 1.98. The Labute approximate surface area is 113 Å². The number of rotatable bonds is 2. The van der Waals surface area contributed by atoms with Crippen LogP contribution in [-0.2, 0) is 4.79 Å². The average molecular weight is 257 g/mol. The van der Waals surface area contributed by atoms with Crippen LogP contribution in [0.4, 0.5) is 0 Å². The number of nitrogens with one attached hydrogen (secondary N) is 2. The Morgan fingerprint density at radius 1 is 1.32 bits per heavy atom. The Morgan fingerprint density at radius 2 is 2.11 bits per heavy atom. The Morgan fingerprint density at radius 3 is 2.84 bits per heavy atom. The number of benzene rings is 1. The summed E-state index contributed by atoms with van der Waals surface area (Å²) in [5, 5.41) is 0. The van der Waals surface area contributed by atoms with Crippen molar-refractivity contribution in [1.82, 2.24) is 10.9 Å². The van der Waals surface area contributed by atoms with Crippen LogP contribution in [0.1, 0.15) is 30.7 Å². The Bertz CT molecular complexity index is 511. The second kappa shape index (κ2) is 4.79. The first-order valence-corrected chi connectivity index (χ1v) is 6.78. The predicted molar refractivity (Wildman–Crippen MR) is 74.2 cm³/mol. The smallest absolute Gasteiger partial charge is 0.245 e. The summed E-state index contributed by atoms with van der Waals surface area (Å²) in [6, 6.07) is 10.5. The maximum atomic E-state index is 11.4. The molecule has 0 bridgehead atoms. The number of hydrogen-bond acceptors (Lipinski definition) is 3. The number of nitrogens with two attached hydrogens (primary N) is 1. The van der Waals surface area contributed by atoms with Gasteiger partial charge in [0.1, 0.15) is 0 Å². The summed E-state index contributed by atoms with van der Waals surface area (Å²) in [5.74, 6) is 0.0583. The monoisotopic (exact) mass is 257 g/mol. The van der Waals surface area contributed by atoms with Gasteiger partial charge in [-0.2, -0.15) is 0 Å². The molecule has 4 nitrogen and oxygen atoms in total. The maximum absolute atomic E-state index is 11.4. The minimum atomic E-state index is -0.327. The van der Waals surface area contributed by atoms with Gasteiger partial charge in [-0.3, -0.25) is 10.2 Å². The molecule has 100 valence electrons. The van der Waals surface area contributed by atoms with Gasteiger partial charge in [0.05, 0.1) is 5.54 Å². The van der Waals surface area contributed by atoms with Crippen molar-refractivity contribution in [2.45, 2.75) is 30.7 Å². The average Bonchev–Trinajstić information content (AvgIpc) is 2.83. The Kier molecular flexibility index (Phi) is 3.12. The number of hydrazine groups is 1. The van der Waals surface area contributed by atoms with E-state index >= 15 is 0 Å². The molecular formula is C15H19N3O. The van der Waals surface area contributed by atoms with Gasteiger partial charge < -0.3 is 5.73 Å². The van der Waals surface area contributed by atoms with E-state index in [0.717, 1.165) is 19.3 Å². The highest BCUT2D eigenvalue weighted by molar-refractivity contribution is 5.92. The molecule has 1 aromatic rings. The standard InChI is InChI=1S/C15H19N3O/c16-14(19)12-9-15(18-17-10-12)8-4-7-13(15)11-5-2-1-3-6-11/h1-3,5-6,9,13,17-18H,4,7-8,10H2,(H2,16,19). The number of carbonyl (C=O) groups excluding carboxylic acids is 1. The first-order chi connectivity index (χ1) is 9.21. The second-order valence-electron chi connectivity index (χ2n) is 5.41. The summed E-state index contributed by atoms with van der Waals surface area (Å²) in [4.78, 5) is 11.4. The van der Waals surface area contributed by atoms with Crippen molar-refractivity contribution in [2.24, 2.45) is 5.73 Å². The summed E-state index contributed by atoms with van der Waals surface area (Å²) in [6.45, 7) is 0.499. The lowest BCUT2D eigenvalue weighted by atomic mass is 9.80. The fourth-order valence-electron chi connectivity index (χ4n) is 3.36. The zero-order valence-corrected chi connectivity index (χ0v) is 10.9. The van der Waals surface area contributed by atoms with Gasteiger partial charge in [0.25, 0.3) is 0 Å². The topological polar surface area (TPSA) is 67.2 Å². The molecule has 2 atom stereocenters. The van der Waals surface area contributed by atoms with E-state index in [-0.39, 0.29) is 11.4 Å². The van der Waals surface area contributed by atoms with Gasteiger partial charge in [-0.1, -0.05) is 42.8 Å². The maximum Gasteiger partial charge on any atom is 0.245 e. The van der Waals surface area contributed by atoms with E-state index in [1.165, 1.54) is 5.56 Å². The van der Waals surface area contributed by atoms with Crippen LogP contribution in [0.3, 0.4) is 0 Å². The number of amides is 1. The molecule has 19 heavy (non-hydrogen) atoms. The van der Waals surface area contributed by atoms with Crippen molar-refractivity contribution >= 4 is 5.91 Å². The van der Waals surface area contributed by atoms with Crippen LogP contribution in [0.5, 0.6) is 0 Å². The van der Waals surface area contributed by atoms with Gasteiger partial charge in [0.15, 0.2) is 0 Å². The zero-order valence-electron chi connectivity index (χ0n) is 10.9. The molecule has 0 aromatic heterocycles. The quantitative estimate of drug-likeness (QED) is 0.746. The summed E-state index contributed by atoms with van der Waals surface area (Å²) in [5.41, 5.74) is 13.8. The molecule has 1 heterocycles. The normalized spacial score (nSPS) is 30.3. The third kappa shape index (κ3) is 2.17. The first kappa shape index (κ1) is 12.4. The molecule has 1 aliphatic heterocycles. The first-order valence-electron chi connectivity index (χ1n) is 6.78. The highest BCUT2D eigenvalue weighted by Gasteiger charge is 2.43. The summed E-state index contributed by atoms with van der Waals surface area (Å²) < 4.78 is 0. The summed E-state index contributed by atoms with van der Waals surface area (Å²) in [6.07, 6.45) is 5.35. The molecule has 2 aliphatic rings. The van der Waals surface area contributed by atoms with E-state index < -0.39 is 0 Å². The summed E-state index contributed by atoms with van der Waals surface area (Å²) >= 11 is 0. The van der Waals surface area contributed by atoms with E-state index in [4.69, 9.17) is 5.73 Å². The third-order valence-electron chi connectivity index (χ3n) is 4.26. The van der Waals surface area contributed by atoms with Crippen LogP contribution in [0.2, 0.25) is 0 Å². The van der Waals surface area contributed by atoms with Crippen LogP contribution in [0, 0.1) is 0 Å². The van der Waals surface area contributed by atoms with Gasteiger partial charge in [-0.15, -0.1) is 0 Å². The molecule has 0 radical (unpaired) electrons. The van der Waals surface area contributed by atoms with Crippen LogP contribution < -0.4 is 16.6 Å². The molecular weight excluding hydrogens is 238 g/mol. The fourth-order valence-corrected chi connectivity index (χ4v) is 3.36. The molecule has 4 heteroatoms. The number of hydrogen-bond donors (Lipinski definition) is 3. The van der Waals surface area contributed by atoms with Crippen molar-refractivity contribution in [1.29, 1.82) is 0 Å². The number of carbonyl (C=O) groups is 1. The minimum absolute atomic E-state index is 0.177. The van der Waals surface area contributed by atoms with Gasteiger partial charge in [0.2, 0.25) is 5.91 Å². The molecule has 4 N–H and O–H groups in total. The molecule has 1 aliphatic carbocycles. The van der Waals surface area contributed by atoms with E-state index in [1.807, 2.05) is 6.07 Å². The van der Waals surface area contributed by atoms with Crippen LogP contribution in [0.25, 0.3) is 0 Å². The lowest BCUT2D eigenvalue weighted by molar-refractivity contribution is -0.114. The SMILES string of the molecule is NC(=O)C1=CC2(CCCC2c2ccccc2)NNC1. The van der Waals surface area contributed by atoms with Gasteiger partial charge in [-0.05, 0) is 18.4 Å². The molecule has 2 unspecified atom stereocenters.